The first-order valence-electron chi connectivity index (χ1n) is 6.42. The van der Waals surface area contributed by atoms with E-state index >= 15 is 0 Å². The number of anilines is 1. The third-order valence-electron chi connectivity index (χ3n) is 2.99. The largest absolute Gasteiger partial charge is 0.332 e. The van der Waals surface area contributed by atoms with E-state index in [9.17, 15) is 4.79 Å². The SMILES string of the molecule is CCN(CC)C(=O)NC(=S)Nc1c(C)cccc1C. The van der Waals surface area contributed by atoms with E-state index in [4.69, 9.17) is 12.2 Å². The maximum Gasteiger partial charge on any atom is 0.323 e. The molecule has 0 saturated heterocycles. The van der Waals surface area contributed by atoms with Gasteiger partial charge in [-0.2, -0.15) is 0 Å². The second kappa shape index (κ2) is 7.09. The fourth-order valence-corrected chi connectivity index (χ4v) is 2.03. The van der Waals surface area contributed by atoms with E-state index in [1.54, 1.807) is 4.90 Å². The Labute approximate surface area is 120 Å². The minimum absolute atomic E-state index is 0.172. The zero-order chi connectivity index (χ0) is 14.4. The number of hydrogen-bond acceptors (Lipinski definition) is 2. The van der Waals surface area contributed by atoms with E-state index in [1.807, 2.05) is 45.9 Å². The van der Waals surface area contributed by atoms with Crippen LogP contribution in [-0.4, -0.2) is 29.1 Å². The fraction of sp³-hybridized carbons (Fsp3) is 0.429. The molecule has 1 aromatic rings. The molecule has 19 heavy (non-hydrogen) atoms. The average molecular weight is 279 g/mol. The molecule has 1 rings (SSSR count). The van der Waals surface area contributed by atoms with Gasteiger partial charge in [-0.25, -0.2) is 4.79 Å². The Bertz CT molecular complexity index is 450. The number of benzene rings is 1. The zero-order valence-electron chi connectivity index (χ0n) is 11.9. The number of hydrogen-bond donors (Lipinski definition) is 2. The second-order valence-corrected chi connectivity index (χ2v) is 4.73. The maximum absolute atomic E-state index is 11.9. The monoisotopic (exact) mass is 279 g/mol. The standard InChI is InChI=1S/C14H21N3OS/c1-5-17(6-2)14(18)16-13(19)15-12-10(3)8-7-9-11(12)4/h7-9H,5-6H2,1-4H3,(H2,15,16,18,19). The van der Waals surface area contributed by atoms with Crippen molar-refractivity contribution in [3.8, 4) is 0 Å². The molecule has 0 heterocycles. The Hall–Kier alpha value is -1.62. The second-order valence-electron chi connectivity index (χ2n) is 4.32. The van der Waals surface area contributed by atoms with Crippen molar-refractivity contribution in [2.75, 3.05) is 18.4 Å². The summed E-state index contributed by atoms with van der Waals surface area (Å²) in [5.41, 5.74) is 3.14. The number of urea groups is 1. The number of nitrogens with zero attached hydrogens (tertiary/aromatic N) is 1. The molecule has 0 aromatic heterocycles. The molecule has 5 heteroatoms. The number of carbonyl (C=O) groups excluding carboxylic acids is 1. The van der Waals surface area contributed by atoms with Crippen LogP contribution in [0.2, 0.25) is 0 Å². The van der Waals surface area contributed by atoms with E-state index < -0.39 is 0 Å². The van der Waals surface area contributed by atoms with E-state index in [0.717, 1.165) is 16.8 Å². The summed E-state index contributed by atoms with van der Waals surface area (Å²) in [5, 5.41) is 6.11. The third-order valence-corrected chi connectivity index (χ3v) is 3.19. The van der Waals surface area contributed by atoms with Gasteiger partial charge in [-0.15, -0.1) is 0 Å². The van der Waals surface area contributed by atoms with Crippen LogP contribution in [0, 0.1) is 13.8 Å². The molecule has 4 nitrogen and oxygen atoms in total. The van der Waals surface area contributed by atoms with Crippen molar-refractivity contribution in [1.29, 1.82) is 0 Å². The van der Waals surface area contributed by atoms with E-state index in [1.165, 1.54) is 0 Å². The van der Waals surface area contributed by atoms with Crippen LogP contribution in [0.4, 0.5) is 10.5 Å². The Morgan fingerprint density at radius 1 is 1.21 bits per heavy atom. The summed E-state index contributed by atoms with van der Waals surface area (Å²) in [7, 11) is 0. The summed E-state index contributed by atoms with van der Waals surface area (Å²) in [6, 6.07) is 5.83. The molecule has 0 atom stereocenters. The van der Waals surface area contributed by atoms with Crippen molar-refractivity contribution in [3.05, 3.63) is 29.3 Å². The van der Waals surface area contributed by atoms with Crippen molar-refractivity contribution >= 4 is 29.0 Å². The van der Waals surface area contributed by atoms with Gasteiger partial charge in [0.1, 0.15) is 0 Å². The quantitative estimate of drug-likeness (QED) is 0.836. The number of nitrogens with one attached hydrogen (secondary N) is 2. The predicted octanol–water partition coefficient (Wildman–Crippen LogP) is 3.05. The lowest BCUT2D eigenvalue weighted by Gasteiger charge is -2.20. The molecule has 2 amide bonds. The minimum atomic E-state index is -0.172. The predicted molar refractivity (Wildman–Crippen MR) is 83.6 cm³/mol. The maximum atomic E-state index is 11.9. The first-order valence-corrected chi connectivity index (χ1v) is 6.83. The van der Waals surface area contributed by atoms with E-state index in [-0.39, 0.29) is 6.03 Å². The van der Waals surface area contributed by atoms with Crippen LogP contribution in [0.3, 0.4) is 0 Å². The van der Waals surface area contributed by atoms with Gasteiger partial charge in [0.25, 0.3) is 0 Å². The summed E-state index contributed by atoms with van der Waals surface area (Å²) in [5.74, 6) is 0. The fourth-order valence-electron chi connectivity index (χ4n) is 1.84. The molecule has 104 valence electrons. The summed E-state index contributed by atoms with van der Waals surface area (Å²) in [4.78, 5) is 13.5. The number of rotatable bonds is 3. The summed E-state index contributed by atoms with van der Waals surface area (Å²) in [6.07, 6.45) is 0. The molecule has 0 saturated carbocycles. The van der Waals surface area contributed by atoms with Gasteiger partial charge in [0.2, 0.25) is 0 Å². The molecule has 0 aliphatic heterocycles. The van der Waals surface area contributed by atoms with Gasteiger partial charge < -0.3 is 10.2 Å². The van der Waals surface area contributed by atoms with Crippen molar-refractivity contribution in [2.24, 2.45) is 0 Å². The molecule has 2 N–H and O–H groups in total. The van der Waals surface area contributed by atoms with Gasteiger partial charge in [-0.05, 0) is 51.0 Å². The Kier molecular flexibility index (Phi) is 5.76. The molecule has 0 radical (unpaired) electrons. The molecular weight excluding hydrogens is 258 g/mol. The Morgan fingerprint density at radius 3 is 2.21 bits per heavy atom. The van der Waals surface area contributed by atoms with Crippen molar-refractivity contribution in [1.82, 2.24) is 10.2 Å². The van der Waals surface area contributed by atoms with Gasteiger partial charge in [0.15, 0.2) is 5.11 Å². The van der Waals surface area contributed by atoms with Crippen LogP contribution < -0.4 is 10.6 Å². The first kappa shape index (κ1) is 15.4. The highest BCUT2D eigenvalue weighted by atomic mass is 32.1. The number of thiocarbonyl (C=S) groups is 1. The smallest absolute Gasteiger partial charge is 0.323 e. The van der Waals surface area contributed by atoms with Crippen molar-refractivity contribution in [2.45, 2.75) is 27.7 Å². The Morgan fingerprint density at radius 2 is 1.74 bits per heavy atom. The molecular formula is C14H21N3OS. The zero-order valence-corrected chi connectivity index (χ0v) is 12.7. The third kappa shape index (κ3) is 4.21. The minimum Gasteiger partial charge on any atom is -0.332 e. The molecule has 0 aliphatic carbocycles. The highest BCUT2D eigenvalue weighted by Crippen LogP contribution is 2.19. The lowest BCUT2D eigenvalue weighted by molar-refractivity contribution is 0.208. The van der Waals surface area contributed by atoms with Crippen LogP contribution in [0.1, 0.15) is 25.0 Å². The van der Waals surface area contributed by atoms with Crippen molar-refractivity contribution < 1.29 is 4.79 Å². The number of aryl methyl sites for hydroxylation is 2. The molecule has 0 bridgehead atoms. The molecule has 0 unspecified atom stereocenters. The molecule has 0 aliphatic rings. The highest BCUT2D eigenvalue weighted by Gasteiger charge is 2.11. The van der Waals surface area contributed by atoms with E-state index in [0.29, 0.717) is 18.2 Å². The normalized spacial score (nSPS) is 9.89. The van der Waals surface area contributed by atoms with Crippen LogP contribution >= 0.6 is 12.2 Å². The summed E-state index contributed by atoms with van der Waals surface area (Å²) >= 11 is 5.18. The Balaban J connectivity index is 2.68. The van der Waals surface area contributed by atoms with Gasteiger partial charge in [0, 0.05) is 18.8 Å². The van der Waals surface area contributed by atoms with Crippen LogP contribution in [0.5, 0.6) is 0 Å². The summed E-state index contributed by atoms with van der Waals surface area (Å²) in [6.45, 7) is 9.20. The van der Waals surface area contributed by atoms with Gasteiger partial charge in [0.05, 0.1) is 0 Å². The lowest BCUT2D eigenvalue weighted by atomic mass is 10.1. The van der Waals surface area contributed by atoms with Crippen LogP contribution in [-0.2, 0) is 0 Å². The number of amides is 2. The number of para-hydroxylation sites is 1. The van der Waals surface area contributed by atoms with E-state index in [2.05, 4.69) is 10.6 Å². The van der Waals surface area contributed by atoms with Crippen molar-refractivity contribution in [3.63, 3.8) is 0 Å². The topological polar surface area (TPSA) is 44.4 Å². The van der Waals surface area contributed by atoms with Gasteiger partial charge >= 0.3 is 6.03 Å². The van der Waals surface area contributed by atoms with Crippen LogP contribution in [0.15, 0.2) is 18.2 Å². The van der Waals surface area contributed by atoms with Gasteiger partial charge in [-0.1, -0.05) is 18.2 Å². The first-order chi connectivity index (χ1) is 8.99. The average Bonchev–Trinajstić information content (AvgIpc) is 2.35. The molecule has 1 aromatic carbocycles. The number of carbonyl (C=O) groups is 1. The van der Waals surface area contributed by atoms with Gasteiger partial charge in [-0.3, -0.25) is 5.32 Å². The highest BCUT2D eigenvalue weighted by molar-refractivity contribution is 7.80. The molecule has 0 fully saturated rings. The molecule has 0 spiro atoms. The van der Waals surface area contributed by atoms with Crippen LogP contribution in [0.25, 0.3) is 0 Å². The summed E-state index contributed by atoms with van der Waals surface area (Å²) < 4.78 is 0. The lowest BCUT2D eigenvalue weighted by Crippen LogP contribution is -2.44.